The van der Waals surface area contributed by atoms with Crippen molar-refractivity contribution >= 4 is 43.7 Å². The van der Waals surface area contributed by atoms with Crippen LogP contribution < -0.4 is 20.5 Å². The van der Waals surface area contributed by atoms with Gasteiger partial charge in [-0.25, -0.2) is 22.4 Å². The molecule has 4 aromatic rings. The summed E-state index contributed by atoms with van der Waals surface area (Å²) in [5.74, 6) is -3.22. The minimum atomic E-state index is -0.988. The maximum atomic E-state index is 13.8. The summed E-state index contributed by atoms with van der Waals surface area (Å²) in [5, 5.41) is 11.2. The second kappa shape index (κ2) is 18.6. The average molecular weight is 782 g/mol. The van der Waals surface area contributed by atoms with Crippen LogP contribution in [0.25, 0.3) is 0 Å². The number of carboxylic acids is 1. The monoisotopic (exact) mass is 780 g/mol. The summed E-state index contributed by atoms with van der Waals surface area (Å²) >= 11 is 6.51. The third kappa shape index (κ3) is 10.8. The number of nitrogens with one attached hydrogen (secondary N) is 1. The van der Waals surface area contributed by atoms with E-state index in [4.69, 9.17) is 20.3 Å². The molecular weight excluding hydrogens is 752 g/mol. The molecule has 4 rings (SSSR count). The fraction of sp³-hybridized carbons (Fsp3) is 0.118. The first-order chi connectivity index (χ1) is 22.3. The summed E-state index contributed by atoms with van der Waals surface area (Å²) in [7, 11) is 2.97. The number of carbonyl (C=O) groups is 2. The Morgan fingerprint density at radius 2 is 1.19 bits per heavy atom. The topological polar surface area (TPSA) is 111 Å². The molecule has 2 atom stereocenters. The number of halogens is 6. The number of carbonyl (C=O) groups excluding carboxylic acids is 1. The van der Waals surface area contributed by atoms with Gasteiger partial charge in [0.25, 0.3) is 5.91 Å². The van der Waals surface area contributed by atoms with Gasteiger partial charge in [0.1, 0.15) is 34.8 Å². The zero-order chi connectivity index (χ0) is 35.3. The lowest BCUT2D eigenvalue weighted by atomic mass is 10.0. The second-order valence-corrected chi connectivity index (χ2v) is 10.9. The number of rotatable bonds is 9. The highest BCUT2D eigenvalue weighted by Gasteiger charge is 2.20. The fourth-order valence-electron chi connectivity index (χ4n) is 3.82. The Hall–Kier alpha value is -4.46. The second-order valence-electron chi connectivity index (χ2n) is 9.22. The standard InChI is InChI=1S/C17H14BrF2NO2.C9H9F2N.C8H7BrO3/c1-3-14(16-12(19)5-4-6-13(16)20)21-17(22)10-7-8-11(18)15(9-10)23-2;1-2-8(12)9-6(10)4-3-5-7(9)11;1-12-7-4-5(8(10)11)2-3-6(7)9/h3-9,14H,1H2,2H3,(H,21,22);2-5,8H,1,12H2;2-4H,1H3,(H,10,11)/t14-;8-;/m11./s1. The van der Waals surface area contributed by atoms with Gasteiger partial charge in [0.2, 0.25) is 0 Å². The first-order valence-electron chi connectivity index (χ1n) is 13.4. The van der Waals surface area contributed by atoms with Gasteiger partial charge in [-0.05, 0) is 92.5 Å². The minimum Gasteiger partial charge on any atom is -0.496 e. The molecule has 0 saturated heterocycles. The van der Waals surface area contributed by atoms with Gasteiger partial charge >= 0.3 is 5.97 Å². The Morgan fingerprint density at radius 1 is 0.766 bits per heavy atom. The van der Waals surface area contributed by atoms with E-state index in [1.165, 1.54) is 68.8 Å². The highest BCUT2D eigenvalue weighted by atomic mass is 79.9. The van der Waals surface area contributed by atoms with Crippen LogP contribution >= 0.6 is 31.9 Å². The van der Waals surface area contributed by atoms with Gasteiger partial charge in [-0.1, -0.05) is 24.3 Å². The van der Waals surface area contributed by atoms with Crippen LogP contribution in [0.5, 0.6) is 11.5 Å². The van der Waals surface area contributed by atoms with Crippen molar-refractivity contribution in [3.63, 3.8) is 0 Å². The number of carboxylic acid groups (broad SMARTS) is 1. The van der Waals surface area contributed by atoms with E-state index in [9.17, 15) is 27.2 Å². The molecule has 47 heavy (non-hydrogen) atoms. The number of ether oxygens (including phenoxy) is 2. The number of hydrogen-bond donors (Lipinski definition) is 3. The molecule has 0 aliphatic heterocycles. The molecule has 7 nitrogen and oxygen atoms in total. The van der Waals surface area contributed by atoms with Gasteiger partial charge in [0, 0.05) is 16.7 Å². The number of amides is 1. The first kappa shape index (κ1) is 38.7. The molecule has 1 amide bonds. The SMILES string of the molecule is C=C[C@@H](N)c1c(F)cccc1F.C=C[C@@H](NC(=O)c1ccc(Br)c(OC)c1)c1c(F)cccc1F.COc1cc(C(=O)O)ccc1Br. The zero-order valence-electron chi connectivity index (χ0n) is 25.1. The van der Waals surface area contributed by atoms with E-state index in [2.05, 4.69) is 50.3 Å². The summed E-state index contributed by atoms with van der Waals surface area (Å²) in [5.41, 5.74) is 5.53. The largest absolute Gasteiger partial charge is 0.496 e. The highest BCUT2D eigenvalue weighted by molar-refractivity contribution is 9.10. The van der Waals surface area contributed by atoms with Crippen molar-refractivity contribution in [2.45, 2.75) is 12.1 Å². The van der Waals surface area contributed by atoms with E-state index in [1.54, 1.807) is 18.2 Å². The van der Waals surface area contributed by atoms with E-state index < -0.39 is 47.2 Å². The van der Waals surface area contributed by atoms with Crippen LogP contribution in [0.15, 0.2) is 107 Å². The third-order valence-corrected chi connectivity index (χ3v) is 7.54. The molecular formula is C34H30Br2F4N2O5. The Kier molecular flexibility index (Phi) is 15.3. The zero-order valence-corrected chi connectivity index (χ0v) is 28.2. The molecule has 0 aliphatic rings. The molecule has 0 spiro atoms. The van der Waals surface area contributed by atoms with Crippen molar-refractivity contribution in [2.24, 2.45) is 5.73 Å². The number of aromatic carboxylic acids is 1. The summed E-state index contributed by atoms with van der Waals surface area (Å²) in [6.45, 7) is 6.89. The molecule has 13 heteroatoms. The van der Waals surface area contributed by atoms with Crippen LogP contribution in [0, 0.1) is 23.3 Å². The summed E-state index contributed by atoms with van der Waals surface area (Å²) in [6.07, 6.45) is 2.57. The Morgan fingerprint density at radius 3 is 1.60 bits per heavy atom. The normalized spacial score (nSPS) is 11.3. The molecule has 0 unspecified atom stereocenters. The maximum absolute atomic E-state index is 13.8. The molecule has 0 fully saturated rings. The van der Waals surface area contributed by atoms with Crippen molar-refractivity contribution < 1.29 is 41.7 Å². The van der Waals surface area contributed by atoms with Gasteiger partial charge in [-0.2, -0.15) is 0 Å². The van der Waals surface area contributed by atoms with Crippen LogP contribution in [0.1, 0.15) is 43.9 Å². The molecule has 4 aromatic carbocycles. The predicted molar refractivity (Wildman–Crippen MR) is 179 cm³/mol. The number of benzene rings is 4. The lowest BCUT2D eigenvalue weighted by Gasteiger charge is -2.17. The average Bonchev–Trinajstić information content (AvgIpc) is 3.04. The van der Waals surface area contributed by atoms with Crippen molar-refractivity contribution in [3.05, 3.63) is 153 Å². The molecule has 0 heterocycles. The summed E-state index contributed by atoms with van der Waals surface area (Å²) < 4.78 is 65.0. The van der Waals surface area contributed by atoms with E-state index in [0.29, 0.717) is 21.5 Å². The molecule has 0 radical (unpaired) electrons. The first-order valence-corrected chi connectivity index (χ1v) is 15.0. The summed E-state index contributed by atoms with van der Waals surface area (Å²) in [6, 6.07) is 14.7. The summed E-state index contributed by atoms with van der Waals surface area (Å²) in [4.78, 5) is 22.8. The molecule has 0 bridgehead atoms. The smallest absolute Gasteiger partial charge is 0.335 e. The van der Waals surface area contributed by atoms with Crippen molar-refractivity contribution in [1.29, 1.82) is 0 Å². The fourth-order valence-corrected chi connectivity index (χ4v) is 4.64. The lowest BCUT2D eigenvalue weighted by Crippen LogP contribution is -2.28. The maximum Gasteiger partial charge on any atom is 0.335 e. The number of methoxy groups -OCH3 is 2. The molecule has 4 N–H and O–H groups in total. The number of hydrogen-bond acceptors (Lipinski definition) is 5. The van der Waals surface area contributed by atoms with E-state index in [0.717, 1.165) is 16.6 Å². The van der Waals surface area contributed by atoms with Crippen molar-refractivity contribution in [1.82, 2.24) is 5.32 Å². The quantitative estimate of drug-likeness (QED) is 0.116. The van der Waals surface area contributed by atoms with Crippen LogP contribution in [-0.2, 0) is 0 Å². The van der Waals surface area contributed by atoms with Crippen molar-refractivity contribution in [3.8, 4) is 11.5 Å². The predicted octanol–water partition coefficient (Wildman–Crippen LogP) is 8.70. The van der Waals surface area contributed by atoms with Crippen LogP contribution in [0.3, 0.4) is 0 Å². The molecule has 0 aromatic heterocycles. The number of nitrogens with two attached hydrogens (primary N) is 1. The van der Waals surface area contributed by atoms with E-state index in [-0.39, 0.29) is 16.7 Å². The Balaban J connectivity index is 0.000000270. The van der Waals surface area contributed by atoms with Gasteiger partial charge in [0.05, 0.1) is 40.8 Å². The Labute approximate surface area is 286 Å². The van der Waals surface area contributed by atoms with Gasteiger partial charge < -0.3 is 25.6 Å². The lowest BCUT2D eigenvalue weighted by molar-refractivity contribution is 0.0696. The third-order valence-electron chi connectivity index (χ3n) is 6.23. The molecule has 248 valence electrons. The van der Waals surface area contributed by atoms with Gasteiger partial charge in [-0.15, -0.1) is 13.2 Å². The molecule has 0 aliphatic carbocycles. The van der Waals surface area contributed by atoms with Gasteiger partial charge in [0.15, 0.2) is 0 Å². The Bertz CT molecular complexity index is 1700. The van der Waals surface area contributed by atoms with Crippen LogP contribution in [-0.4, -0.2) is 31.2 Å². The van der Waals surface area contributed by atoms with Crippen molar-refractivity contribution in [2.75, 3.05) is 14.2 Å². The van der Waals surface area contributed by atoms with Crippen LogP contribution in [0.2, 0.25) is 0 Å². The highest BCUT2D eigenvalue weighted by Crippen LogP contribution is 2.27. The van der Waals surface area contributed by atoms with Gasteiger partial charge in [-0.3, -0.25) is 4.79 Å². The molecule has 0 saturated carbocycles. The minimum absolute atomic E-state index is 0.132. The van der Waals surface area contributed by atoms with E-state index in [1.807, 2.05) is 0 Å². The van der Waals surface area contributed by atoms with E-state index >= 15 is 0 Å². The van der Waals surface area contributed by atoms with Crippen LogP contribution in [0.4, 0.5) is 17.6 Å².